The molecule has 0 radical (unpaired) electrons. The van der Waals surface area contributed by atoms with Gasteiger partial charge in [-0.3, -0.25) is 9.59 Å². The molecule has 13 heavy (non-hydrogen) atoms. The standard InChI is InChI=1S/C10H19NO2/c1-4-6-10(7-5-2,8(3)12)9(11)13/h4-7H2,1-3H3,(H2,11,13). The molecule has 2 N–H and O–H groups in total. The van der Waals surface area contributed by atoms with Crippen LogP contribution in [0.3, 0.4) is 0 Å². The fourth-order valence-electron chi connectivity index (χ4n) is 1.75. The molecule has 0 unspecified atom stereocenters. The third-order valence-corrected chi connectivity index (χ3v) is 2.50. The molecule has 3 nitrogen and oxygen atoms in total. The van der Waals surface area contributed by atoms with Crippen LogP contribution in [0.25, 0.3) is 0 Å². The SMILES string of the molecule is CCCC(CCC)(C(C)=O)C(N)=O. The molecule has 3 heteroatoms. The van der Waals surface area contributed by atoms with Gasteiger partial charge in [0, 0.05) is 0 Å². The number of primary amides is 1. The highest BCUT2D eigenvalue weighted by Crippen LogP contribution is 2.30. The van der Waals surface area contributed by atoms with Crippen molar-refractivity contribution in [3.05, 3.63) is 0 Å². The van der Waals surface area contributed by atoms with Crippen molar-refractivity contribution >= 4 is 11.7 Å². The lowest BCUT2D eigenvalue weighted by Gasteiger charge is -2.26. The highest BCUT2D eigenvalue weighted by atomic mass is 16.2. The quantitative estimate of drug-likeness (QED) is 0.639. The van der Waals surface area contributed by atoms with Crippen LogP contribution in [-0.4, -0.2) is 11.7 Å². The van der Waals surface area contributed by atoms with Gasteiger partial charge in [-0.1, -0.05) is 26.7 Å². The third-order valence-electron chi connectivity index (χ3n) is 2.50. The predicted octanol–water partition coefficient (Wildman–Crippen LogP) is 1.65. The summed E-state index contributed by atoms with van der Waals surface area (Å²) in [6, 6.07) is 0. The minimum atomic E-state index is -0.899. The van der Waals surface area contributed by atoms with E-state index in [0.717, 1.165) is 12.8 Å². The van der Waals surface area contributed by atoms with Gasteiger partial charge < -0.3 is 5.73 Å². The molecule has 0 heterocycles. The van der Waals surface area contributed by atoms with Gasteiger partial charge in [0.1, 0.15) is 11.2 Å². The summed E-state index contributed by atoms with van der Waals surface area (Å²) in [6.07, 6.45) is 2.77. The van der Waals surface area contributed by atoms with Crippen molar-refractivity contribution in [1.82, 2.24) is 0 Å². The van der Waals surface area contributed by atoms with E-state index in [0.29, 0.717) is 12.8 Å². The van der Waals surface area contributed by atoms with Gasteiger partial charge in [-0.2, -0.15) is 0 Å². The normalized spacial score (nSPS) is 11.3. The smallest absolute Gasteiger partial charge is 0.231 e. The zero-order valence-corrected chi connectivity index (χ0v) is 8.72. The molecule has 0 saturated carbocycles. The van der Waals surface area contributed by atoms with Gasteiger partial charge in [-0.05, 0) is 19.8 Å². The van der Waals surface area contributed by atoms with Crippen molar-refractivity contribution in [2.45, 2.75) is 46.5 Å². The van der Waals surface area contributed by atoms with Crippen molar-refractivity contribution in [1.29, 1.82) is 0 Å². The molecule has 0 aromatic carbocycles. The van der Waals surface area contributed by atoms with Gasteiger partial charge in [-0.25, -0.2) is 0 Å². The Morgan fingerprint density at radius 1 is 1.15 bits per heavy atom. The summed E-state index contributed by atoms with van der Waals surface area (Å²) in [5, 5.41) is 0. The van der Waals surface area contributed by atoms with Gasteiger partial charge in [0.25, 0.3) is 0 Å². The second kappa shape index (κ2) is 5.00. The maximum Gasteiger partial charge on any atom is 0.231 e. The lowest BCUT2D eigenvalue weighted by atomic mass is 9.75. The van der Waals surface area contributed by atoms with Crippen LogP contribution in [0.4, 0.5) is 0 Å². The van der Waals surface area contributed by atoms with Gasteiger partial charge in [0.15, 0.2) is 0 Å². The maximum atomic E-state index is 11.4. The number of hydrogen-bond acceptors (Lipinski definition) is 2. The van der Waals surface area contributed by atoms with Crippen molar-refractivity contribution in [2.75, 3.05) is 0 Å². The summed E-state index contributed by atoms with van der Waals surface area (Å²) in [5.41, 5.74) is 4.39. The first-order valence-electron chi connectivity index (χ1n) is 4.82. The van der Waals surface area contributed by atoms with Crippen molar-refractivity contribution < 1.29 is 9.59 Å². The number of rotatable bonds is 6. The number of carbonyl (C=O) groups excluding carboxylic acids is 2. The molecule has 0 aliphatic carbocycles. The van der Waals surface area contributed by atoms with E-state index in [-0.39, 0.29) is 5.78 Å². The second-order valence-corrected chi connectivity index (χ2v) is 3.50. The molecule has 0 aliphatic rings. The molecule has 0 spiro atoms. The first-order valence-corrected chi connectivity index (χ1v) is 4.82. The van der Waals surface area contributed by atoms with Crippen molar-refractivity contribution in [3.63, 3.8) is 0 Å². The average Bonchev–Trinajstić information content (AvgIpc) is 2.03. The van der Waals surface area contributed by atoms with E-state index in [1.54, 1.807) is 0 Å². The lowest BCUT2D eigenvalue weighted by molar-refractivity contribution is -0.140. The van der Waals surface area contributed by atoms with Crippen molar-refractivity contribution in [2.24, 2.45) is 11.1 Å². The Labute approximate surface area is 79.7 Å². The molecule has 0 saturated heterocycles. The van der Waals surface area contributed by atoms with Crippen LogP contribution in [0, 0.1) is 5.41 Å². The molecule has 76 valence electrons. The van der Waals surface area contributed by atoms with E-state index >= 15 is 0 Å². The maximum absolute atomic E-state index is 11.4. The number of amides is 1. The Bertz CT molecular complexity index is 177. The van der Waals surface area contributed by atoms with Crippen LogP contribution < -0.4 is 5.73 Å². The summed E-state index contributed by atoms with van der Waals surface area (Å²) >= 11 is 0. The molecule has 0 atom stereocenters. The number of Topliss-reactive ketones (excluding diaryl/α,β-unsaturated/α-hetero) is 1. The Morgan fingerprint density at radius 2 is 1.54 bits per heavy atom. The van der Waals surface area contributed by atoms with Crippen LogP contribution in [0.2, 0.25) is 0 Å². The third kappa shape index (κ3) is 2.54. The zero-order valence-electron chi connectivity index (χ0n) is 8.72. The van der Waals surface area contributed by atoms with E-state index in [1.165, 1.54) is 6.92 Å². The van der Waals surface area contributed by atoms with Crippen LogP contribution in [0.15, 0.2) is 0 Å². The Hall–Kier alpha value is -0.860. The van der Waals surface area contributed by atoms with Gasteiger partial charge >= 0.3 is 0 Å². The fourth-order valence-corrected chi connectivity index (χ4v) is 1.75. The fraction of sp³-hybridized carbons (Fsp3) is 0.800. The molecule has 0 aromatic heterocycles. The monoisotopic (exact) mass is 185 g/mol. The zero-order chi connectivity index (χ0) is 10.5. The average molecular weight is 185 g/mol. The largest absolute Gasteiger partial charge is 0.369 e. The number of carbonyl (C=O) groups is 2. The van der Waals surface area contributed by atoms with Gasteiger partial charge in [0.05, 0.1) is 0 Å². The number of nitrogens with two attached hydrogens (primary N) is 1. The molecule has 0 bridgehead atoms. The highest BCUT2D eigenvalue weighted by molar-refractivity contribution is 6.04. The molecule has 0 aromatic rings. The number of ketones is 1. The first kappa shape index (κ1) is 12.1. The minimum Gasteiger partial charge on any atom is -0.369 e. The van der Waals surface area contributed by atoms with Gasteiger partial charge in [-0.15, -0.1) is 0 Å². The van der Waals surface area contributed by atoms with E-state index in [9.17, 15) is 9.59 Å². The highest BCUT2D eigenvalue weighted by Gasteiger charge is 2.39. The minimum absolute atomic E-state index is 0.0938. The summed E-state index contributed by atoms with van der Waals surface area (Å²) in [7, 11) is 0. The summed E-state index contributed by atoms with van der Waals surface area (Å²) in [6.45, 7) is 5.36. The number of hydrogen-bond donors (Lipinski definition) is 1. The van der Waals surface area contributed by atoms with Gasteiger partial charge in [0.2, 0.25) is 5.91 Å². The van der Waals surface area contributed by atoms with E-state index in [2.05, 4.69) is 0 Å². The Balaban J connectivity index is 4.80. The molecular weight excluding hydrogens is 166 g/mol. The van der Waals surface area contributed by atoms with E-state index < -0.39 is 11.3 Å². The summed E-state index contributed by atoms with van der Waals surface area (Å²) < 4.78 is 0. The molecule has 1 amide bonds. The predicted molar refractivity (Wildman–Crippen MR) is 52.1 cm³/mol. The Morgan fingerprint density at radius 3 is 1.69 bits per heavy atom. The topological polar surface area (TPSA) is 60.2 Å². The second-order valence-electron chi connectivity index (χ2n) is 3.50. The van der Waals surface area contributed by atoms with Crippen LogP contribution >= 0.6 is 0 Å². The first-order chi connectivity index (χ1) is 6.01. The van der Waals surface area contributed by atoms with Crippen molar-refractivity contribution in [3.8, 4) is 0 Å². The lowest BCUT2D eigenvalue weighted by Crippen LogP contribution is -2.42. The molecular formula is C10H19NO2. The van der Waals surface area contributed by atoms with E-state index in [1.807, 2.05) is 13.8 Å². The van der Waals surface area contributed by atoms with Crippen LogP contribution in [0.5, 0.6) is 0 Å². The summed E-state index contributed by atoms with van der Waals surface area (Å²) in [5.74, 6) is -0.563. The Kier molecular flexibility index (Phi) is 4.67. The molecule has 0 aliphatic heterocycles. The van der Waals surface area contributed by atoms with Crippen LogP contribution in [0.1, 0.15) is 46.5 Å². The molecule has 0 rings (SSSR count). The summed E-state index contributed by atoms with van der Waals surface area (Å²) in [4.78, 5) is 22.6. The van der Waals surface area contributed by atoms with Crippen LogP contribution in [-0.2, 0) is 9.59 Å². The van der Waals surface area contributed by atoms with E-state index in [4.69, 9.17) is 5.73 Å². The molecule has 0 fully saturated rings.